The van der Waals surface area contributed by atoms with Crippen LogP contribution >= 0.6 is 0 Å². The van der Waals surface area contributed by atoms with Crippen molar-refractivity contribution in [3.05, 3.63) is 0 Å². The van der Waals surface area contributed by atoms with Crippen molar-refractivity contribution in [2.24, 2.45) is 0 Å². The van der Waals surface area contributed by atoms with E-state index in [1.54, 1.807) is 0 Å². The Hall–Kier alpha value is -1.61. The SMILES string of the molecule is CCN(CCC#N)C(=O)C1CCC(C(=O)O)O1. The second-order valence-electron chi connectivity index (χ2n) is 3.85. The van der Waals surface area contributed by atoms with Gasteiger partial charge in [-0.05, 0) is 19.8 Å². The van der Waals surface area contributed by atoms with Gasteiger partial charge in [0.25, 0.3) is 5.91 Å². The predicted octanol–water partition coefficient (Wildman–Crippen LogP) is 0.381. The first kappa shape index (κ1) is 13.5. The lowest BCUT2D eigenvalue weighted by Gasteiger charge is -2.22. The third kappa shape index (κ3) is 3.43. The second kappa shape index (κ2) is 6.21. The average molecular weight is 240 g/mol. The summed E-state index contributed by atoms with van der Waals surface area (Å²) in [6, 6.07) is 1.98. The number of carboxylic acid groups (broad SMARTS) is 1. The first-order valence-electron chi connectivity index (χ1n) is 5.64. The highest BCUT2D eigenvalue weighted by atomic mass is 16.5. The van der Waals surface area contributed by atoms with Gasteiger partial charge < -0.3 is 14.7 Å². The minimum Gasteiger partial charge on any atom is -0.479 e. The highest BCUT2D eigenvalue weighted by Crippen LogP contribution is 2.21. The van der Waals surface area contributed by atoms with Crippen molar-refractivity contribution < 1.29 is 19.4 Å². The van der Waals surface area contributed by atoms with Crippen LogP contribution in [0.3, 0.4) is 0 Å². The van der Waals surface area contributed by atoms with Crippen molar-refractivity contribution in [3.63, 3.8) is 0 Å². The molecule has 1 saturated heterocycles. The molecule has 94 valence electrons. The zero-order valence-electron chi connectivity index (χ0n) is 9.76. The largest absolute Gasteiger partial charge is 0.479 e. The molecular formula is C11H16N2O4. The van der Waals surface area contributed by atoms with Crippen molar-refractivity contribution >= 4 is 11.9 Å². The fourth-order valence-corrected chi connectivity index (χ4v) is 1.81. The Morgan fingerprint density at radius 3 is 2.59 bits per heavy atom. The summed E-state index contributed by atoms with van der Waals surface area (Å²) in [7, 11) is 0. The molecular weight excluding hydrogens is 224 g/mol. The van der Waals surface area contributed by atoms with Crippen molar-refractivity contribution in [2.45, 2.75) is 38.4 Å². The normalized spacial score (nSPS) is 23.1. The van der Waals surface area contributed by atoms with Crippen LogP contribution in [0.4, 0.5) is 0 Å². The van der Waals surface area contributed by atoms with Gasteiger partial charge in [-0.25, -0.2) is 4.79 Å². The van der Waals surface area contributed by atoms with E-state index in [9.17, 15) is 9.59 Å². The highest BCUT2D eigenvalue weighted by molar-refractivity contribution is 5.82. The number of ether oxygens (including phenoxy) is 1. The van der Waals surface area contributed by atoms with Crippen LogP contribution in [0, 0.1) is 11.3 Å². The fourth-order valence-electron chi connectivity index (χ4n) is 1.81. The summed E-state index contributed by atoms with van der Waals surface area (Å²) in [6.07, 6.45) is -0.483. The second-order valence-corrected chi connectivity index (χ2v) is 3.85. The van der Waals surface area contributed by atoms with Crippen LogP contribution in [0.5, 0.6) is 0 Å². The van der Waals surface area contributed by atoms with Gasteiger partial charge in [0.05, 0.1) is 12.5 Å². The van der Waals surface area contributed by atoms with E-state index in [2.05, 4.69) is 0 Å². The first-order chi connectivity index (χ1) is 8.10. The molecule has 1 heterocycles. The van der Waals surface area contributed by atoms with Gasteiger partial charge in [0.1, 0.15) is 6.10 Å². The summed E-state index contributed by atoms with van der Waals surface area (Å²) < 4.78 is 5.17. The summed E-state index contributed by atoms with van der Waals surface area (Å²) in [6.45, 7) is 2.68. The van der Waals surface area contributed by atoms with Gasteiger partial charge in [0, 0.05) is 13.1 Å². The van der Waals surface area contributed by atoms with E-state index in [0.717, 1.165) is 0 Å². The van der Waals surface area contributed by atoms with E-state index in [0.29, 0.717) is 25.9 Å². The van der Waals surface area contributed by atoms with Crippen LogP contribution in [-0.4, -0.2) is 47.2 Å². The third-order valence-corrected chi connectivity index (χ3v) is 2.76. The Balaban J connectivity index is 2.52. The van der Waals surface area contributed by atoms with E-state index >= 15 is 0 Å². The number of rotatable bonds is 5. The number of aliphatic carboxylic acids is 1. The van der Waals surface area contributed by atoms with Crippen LogP contribution < -0.4 is 0 Å². The van der Waals surface area contributed by atoms with Gasteiger partial charge in [0.2, 0.25) is 0 Å². The number of carboxylic acids is 1. The van der Waals surface area contributed by atoms with Crippen LogP contribution in [-0.2, 0) is 14.3 Å². The maximum absolute atomic E-state index is 11.9. The maximum Gasteiger partial charge on any atom is 0.332 e. The summed E-state index contributed by atoms with van der Waals surface area (Å²) in [5.41, 5.74) is 0. The lowest BCUT2D eigenvalue weighted by Crippen LogP contribution is -2.40. The molecule has 0 saturated carbocycles. The Labute approximate surface area is 99.8 Å². The molecule has 0 bridgehead atoms. The van der Waals surface area contributed by atoms with Gasteiger partial charge in [-0.2, -0.15) is 5.26 Å². The van der Waals surface area contributed by atoms with Crippen LogP contribution in [0.25, 0.3) is 0 Å². The molecule has 2 unspecified atom stereocenters. The van der Waals surface area contributed by atoms with Crippen molar-refractivity contribution in [1.82, 2.24) is 4.90 Å². The van der Waals surface area contributed by atoms with Crippen molar-refractivity contribution in [1.29, 1.82) is 5.26 Å². The monoisotopic (exact) mass is 240 g/mol. The number of amides is 1. The van der Waals surface area contributed by atoms with Crippen LogP contribution in [0.1, 0.15) is 26.2 Å². The molecule has 1 rings (SSSR count). The minimum atomic E-state index is -1.03. The molecule has 0 spiro atoms. The molecule has 1 amide bonds. The fraction of sp³-hybridized carbons (Fsp3) is 0.727. The van der Waals surface area contributed by atoms with Gasteiger partial charge in [-0.15, -0.1) is 0 Å². The molecule has 6 heteroatoms. The molecule has 1 aliphatic heterocycles. The molecule has 1 aliphatic rings. The number of likely N-dealkylation sites (N-methyl/N-ethyl adjacent to an activating group) is 1. The quantitative estimate of drug-likeness (QED) is 0.750. The zero-order valence-corrected chi connectivity index (χ0v) is 9.76. The highest BCUT2D eigenvalue weighted by Gasteiger charge is 2.36. The maximum atomic E-state index is 11.9. The number of nitriles is 1. The molecule has 0 aromatic heterocycles. The lowest BCUT2D eigenvalue weighted by molar-refractivity contribution is -0.154. The first-order valence-corrected chi connectivity index (χ1v) is 5.64. The van der Waals surface area contributed by atoms with Gasteiger partial charge in [-0.3, -0.25) is 4.79 Å². The van der Waals surface area contributed by atoms with Gasteiger partial charge >= 0.3 is 5.97 Å². The molecule has 0 aliphatic carbocycles. The molecule has 1 N–H and O–H groups in total. The van der Waals surface area contributed by atoms with Crippen molar-refractivity contribution in [2.75, 3.05) is 13.1 Å². The molecule has 2 atom stereocenters. The Kier molecular flexibility index (Phi) is 4.91. The lowest BCUT2D eigenvalue weighted by atomic mass is 10.2. The summed E-state index contributed by atoms with van der Waals surface area (Å²) >= 11 is 0. The van der Waals surface area contributed by atoms with E-state index < -0.39 is 18.2 Å². The van der Waals surface area contributed by atoms with E-state index in [1.165, 1.54) is 4.90 Å². The molecule has 0 aromatic carbocycles. The van der Waals surface area contributed by atoms with E-state index in [1.807, 2.05) is 13.0 Å². The predicted molar refractivity (Wildman–Crippen MR) is 58.0 cm³/mol. The molecule has 17 heavy (non-hydrogen) atoms. The summed E-state index contributed by atoms with van der Waals surface area (Å²) in [5.74, 6) is -1.24. The molecule has 1 fully saturated rings. The Morgan fingerprint density at radius 1 is 1.47 bits per heavy atom. The number of carbonyl (C=O) groups is 2. The Morgan fingerprint density at radius 2 is 2.12 bits per heavy atom. The van der Waals surface area contributed by atoms with Gasteiger partial charge in [-0.1, -0.05) is 0 Å². The standard InChI is InChI=1S/C11H16N2O4/c1-2-13(7-3-6-12)10(14)8-4-5-9(17-8)11(15)16/h8-9H,2-5,7H2,1H3,(H,15,16). The average Bonchev–Trinajstić information content (AvgIpc) is 2.79. The minimum absolute atomic E-state index is 0.216. The number of hydrogen-bond acceptors (Lipinski definition) is 4. The number of hydrogen-bond donors (Lipinski definition) is 1. The van der Waals surface area contributed by atoms with Crippen molar-refractivity contribution in [3.8, 4) is 6.07 Å². The van der Waals surface area contributed by atoms with E-state index in [-0.39, 0.29) is 12.3 Å². The molecule has 6 nitrogen and oxygen atoms in total. The van der Waals surface area contributed by atoms with Gasteiger partial charge in [0.15, 0.2) is 6.10 Å². The topological polar surface area (TPSA) is 90.6 Å². The Bertz CT molecular complexity index is 337. The summed E-state index contributed by atoms with van der Waals surface area (Å²) in [4.78, 5) is 24.2. The van der Waals surface area contributed by atoms with Crippen LogP contribution in [0.2, 0.25) is 0 Å². The van der Waals surface area contributed by atoms with E-state index in [4.69, 9.17) is 15.1 Å². The zero-order chi connectivity index (χ0) is 12.8. The number of carbonyl (C=O) groups excluding carboxylic acids is 1. The smallest absolute Gasteiger partial charge is 0.332 e. The van der Waals surface area contributed by atoms with Crippen LogP contribution in [0.15, 0.2) is 0 Å². The molecule has 0 radical (unpaired) electrons. The number of nitrogens with zero attached hydrogens (tertiary/aromatic N) is 2. The summed E-state index contributed by atoms with van der Waals surface area (Å²) in [5, 5.41) is 17.2. The molecule has 0 aromatic rings. The third-order valence-electron chi connectivity index (χ3n) is 2.76.